The molecule has 0 unspecified atom stereocenters. The van der Waals surface area contributed by atoms with E-state index >= 15 is 0 Å². The lowest BCUT2D eigenvalue weighted by Gasteiger charge is -2.10. The average molecular weight is 214 g/mol. The van der Waals surface area contributed by atoms with E-state index in [2.05, 4.69) is 0 Å². The molecule has 0 aliphatic carbocycles. The number of alkyl halides is 3. The van der Waals surface area contributed by atoms with Crippen molar-refractivity contribution in [3.8, 4) is 0 Å². The Labute approximate surface area is 75.2 Å². The van der Waals surface area contributed by atoms with Crippen molar-refractivity contribution >= 4 is 0 Å². The summed E-state index contributed by atoms with van der Waals surface area (Å²) >= 11 is 0. The molecule has 78 valence electrons. The normalized spacial score (nSPS) is 11.9. The van der Waals surface area contributed by atoms with Crippen LogP contribution in [0, 0.1) is 24.4 Å². The van der Waals surface area contributed by atoms with Crippen molar-refractivity contribution in [2.45, 2.75) is 13.1 Å². The van der Waals surface area contributed by atoms with Crippen LogP contribution in [0.4, 0.5) is 26.3 Å². The molecule has 0 radical (unpaired) electrons. The van der Waals surface area contributed by atoms with E-state index in [9.17, 15) is 26.3 Å². The van der Waals surface area contributed by atoms with Gasteiger partial charge >= 0.3 is 6.18 Å². The van der Waals surface area contributed by atoms with Crippen molar-refractivity contribution in [2.75, 3.05) is 0 Å². The fraction of sp³-hybridized carbons (Fsp3) is 0.250. The highest BCUT2D eigenvalue weighted by atomic mass is 19.4. The fourth-order valence-electron chi connectivity index (χ4n) is 0.937. The van der Waals surface area contributed by atoms with Gasteiger partial charge in [0.2, 0.25) is 0 Å². The zero-order chi connectivity index (χ0) is 11.1. The van der Waals surface area contributed by atoms with Gasteiger partial charge < -0.3 is 0 Å². The van der Waals surface area contributed by atoms with Crippen LogP contribution in [0.2, 0.25) is 0 Å². The molecule has 0 spiro atoms. The summed E-state index contributed by atoms with van der Waals surface area (Å²) in [6, 6.07) is 0.230. The first-order chi connectivity index (χ1) is 6.25. The third-order valence-corrected chi connectivity index (χ3v) is 1.63. The molecular formula is C8H4F6. The summed E-state index contributed by atoms with van der Waals surface area (Å²) < 4.78 is 73.7. The molecule has 0 saturated carbocycles. The summed E-state index contributed by atoms with van der Waals surface area (Å²) in [5.74, 6) is -5.91. The van der Waals surface area contributed by atoms with E-state index in [1.54, 1.807) is 0 Å². The van der Waals surface area contributed by atoms with Crippen molar-refractivity contribution in [1.82, 2.24) is 0 Å². The summed E-state index contributed by atoms with van der Waals surface area (Å²) in [6.45, 7) is 0.924. The van der Waals surface area contributed by atoms with Crippen molar-refractivity contribution in [2.24, 2.45) is 0 Å². The first-order valence-corrected chi connectivity index (χ1v) is 3.46. The van der Waals surface area contributed by atoms with Gasteiger partial charge in [-0.2, -0.15) is 13.2 Å². The molecule has 0 bridgehead atoms. The molecule has 0 saturated heterocycles. The Morgan fingerprint density at radius 3 is 1.86 bits per heavy atom. The topological polar surface area (TPSA) is 0 Å². The number of halogens is 6. The Bertz CT molecular complexity index is 365. The van der Waals surface area contributed by atoms with Gasteiger partial charge in [0.1, 0.15) is 0 Å². The summed E-state index contributed by atoms with van der Waals surface area (Å²) in [4.78, 5) is 0. The summed E-state index contributed by atoms with van der Waals surface area (Å²) in [5.41, 5.74) is -2.38. The Balaban J connectivity index is 3.49. The van der Waals surface area contributed by atoms with Crippen molar-refractivity contribution in [3.05, 3.63) is 34.6 Å². The van der Waals surface area contributed by atoms with Gasteiger partial charge in [-0.25, -0.2) is 13.2 Å². The lowest BCUT2D eigenvalue weighted by Crippen LogP contribution is -2.11. The SMILES string of the molecule is Cc1cc(C(F)(F)F)c(F)c(F)c1F. The number of benzene rings is 1. The highest BCUT2D eigenvalue weighted by Crippen LogP contribution is 2.33. The highest BCUT2D eigenvalue weighted by Gasteiger charge is 2.36. The molecule has 0 nitrogen and oxygen atoms in total. The van der Waals surface area contributed by atoms with Gasteiger partial charge in [-0.05, 0) is 18.6 Å². The van der Waals surface area contributed by atoms with Gasteiger partial charge in [-0.1, -0.05) is 0 Å². The minimum Gasteiger partial charge on any atom is -0.203 e. The monoisotopic (exact) mass is 214 g/mol. The van der Waals surface area contributed by atoms with E-state index in [4.69, 9.17) is 0 Å². The molecule has 0 aromatic heterocycles. The van der Waals surface area contributed by atoms with E-state index in [0.29, 0.717) is 0 Å². The second kappa shape index (κ2) is 3.18. The van der Waals surface area contributed by atoms with Crippen LogP contribution in [0.5, 0.6) is 0 Å². The Kier molecular flexibility index (Phi) is 2.47. The van der Waals surface area contributed by atoms with Crippen LogP contribution in [-0.4, -0.2) is 0 Å². The largest absolute Gasteiger partial charge is 0.419 e. The molecule has 6 heteroatoms. The summed E-state index contributed by atoms with van der Waals surface area (Å²) in [6.07, 6.45) is -5.02. The van der Waals surface area contributed by atoms with Crippen molar-refractivity contribution in [1.29, 1.82) is 0 Å². The van der Waals surface area contributed by atoms with Crippen LogP contribution >= 0.6 is 0 Å². The molecule has 0 heterocycles. The van der Waals surface area contributed by atoms with Crippen LogP contribution in [0.3, 0.4) is 0 Å². The number of hydrogen-bond donors (Lipinski definition) is 0. The third-order valence-electron chi connectivity index (χ3n) is 1.63. The van der Waals surface area contributed by atoms with Crippen molar-refractivity contribution in [3.63, 3.8) is 0 Å². The first-order valence-electron chi connectivity index (χ1n) is 3.46. The quantitative estimate of drug-likeness (QED) is 0.458. The second-order valence-electron chi connectivity index (χ2n) is 2.68. The summed E-state index contributed by atoms with van der Waals surface area (Å²) in [7, 11) is 0. The Morgan fingerprint density at radius 1 is 0.929 bits per heavy atom. The van der Waals surface area contributed by atoms with Crippen LogP contribution in [0.1, 0.15) is 11.1 Å². The number of hydrogen-bond acceptors (Lipinski definition) is 0. The van der Waals surface area contributed by atoms with Gasteiger partial charge in [0.05, 0.1) is 5.56 Å². The molecule has 0 amide bonds. The minimum absolute atomic E-state index is 0.230. The average Bonchev–Trinajstić information content (AvgIpc) is 2.06. The fourth-order valence-corrected chi connectivity index (χ4v) is 0.937. The Hall–Kier alpha value is -1.20. The number of aryl methyl sites for hydroxylation is 1. The molecule has 0 N–H and O–H groups in total. The summed E-state index contributed by atoms with van der Waals surface area (Å²) in [5, 5.41) is 0. The van der Waals surface area contributed by atoms with Crippen LogP contribution in [-0.2, 0) is 6.18 Å². The zero-order valence-corrected chi connectivity index (χ0v) is 6.85. The van der Waals surface area contributed by atoms with Gasteiger partial charge in [0.25, 0.3) is 0 Å². The van der Waals surface area contributed by atoms with Crippen molar-refractivity contribution < 1.29 is 26.3 Å². The molecular weight excluding hydrogens is 210 g/mol. The molecule has 0 atom stereocenters. The van der Waals surface area contributed by atoms with Gasteiger partial charge in [-0.15, -0.1) is 0 Å². The molecule has 0 aliphatic heterocycles. The maximum absolute atomic E-state index is 12.6. The second-order valence-corrected chi connectivity index (χ2v) is 2.68. The number of rotatable bonds is 0. The van der Waals surface area contributed by atoms with E-state index < -0.39 is 34.8 Å². The zero-order valence-electron chi connectivity index (χ0n) is 6.85. The highest BCUT2D eigenvalue weighted by molar-refractivity contribution is 5.29. The molecule has 1 aromatic carbocycles. The van der Waals surface area contributed by atoms with Gasteiger partial charge in [0.15, 0.2) is 17.5 Å². The molecule has 0 fully saturated rings. The van der Waals surface area contributed by atoms with E-state index in [-0.39, 0.29) is 6.07 Å². The Morgan fingerprint density at radius 2 is 1.43 bits per heavy atom. The van der Waals surface area contributed by atoms with Gasteiger partial charge in [-0.3, -0.25) is 0 Å². The van der Waals surface area contributed by atoms with E-state index in [1.807, 2.05) is 0 Å². The van der Waals surface area contributed by atoms with Crippen LogP contribution < -0.4 is 0 Å². The standard InChI is InChI=1S/C8H4F6/c1-3-2-4(8(12,13)14)6(10)7(11)5(3)9/h2H,1H3. The van der Waals surface area contributed by atoms with E-state index in [1.165, 1.54) is 0 Å². The molecule has 0 aliphatic rings. The smallest absolute Gasteiger partial charge is 0.203 e. The maximum Gasteiger partial charge on any atom is 0.419 e. The molecule has 1 rings (SSSR count). The molecule has 1 aromatic rings. The van der Waals surface area contributed by atoms with Crippen LogP contribution in [0.15, 0.2) is 6.07 Å². The third kappa shape index (κ3) is 1.69. The predicted octanol–water partition coefficient (Wildman–Crippen LogP) is 3.43. The lowest BCUT2D eigenvalue weighted by molar-refractivity contribution is -0.140. The van der Waals surface area contributed by atoms with Crippen LogP contribution in [0.25, 0.3) is 0 Å². The van der Waals surface area contributed by atoms with Gasteiger partial charge in [0, 0.05) is 0 Å². The maximum atomic E-state index is 12.6. The van der Waals surface area contributed by atoms with E-state index in [0.717, 1.165) is 6.92 Å². The lowest BCUT2D eigenvalue weighted by atomic mass is 10.1. The first kappa shape index (κ1) is 10.9. The predicted molar refractivity (Wildman–Crippen MR) is 36.1 cm³/mol. The molecule has 14 heavy (non-hydrogen) atoms. The minimum atomic E-state index is -5.02.